The van der Waals surface area contributed by atoms with Crippen molar-refractivity contribution in [2.45, 2.75) is 77.6 Å². The van der Waals surface area contributed by atoms with Crippen molar-refractivity contribution in [2.75, 3.05) is 0 Å². The van der Waals surface area contributed by atoms with E-state index in [1.54, 1.807) is 0 Å². The first-order chi connectivity index (χ1) is 7.91. The van der Waals surface area contributed by atoms with Gasteiger partial charge in [0.05, 0.1) is 0 Å². The lowest BCUT2D eigenvalue weighted by atomic mass is 10.1. The van der Waals surface area contributed by atoms with E-state index >= 15 is 0 Å². The Balaban J connectivity index is 2.98. The average Bonchev–Trinajstić information content (AvgIpc) is 2.31. The first-order valence-electron chi connectivity index (χ1n) is 7.17. The van der Waals surface area contributed by atoms with Gasteiger partial charge in [-0.3, -0.25) is 0 Å². The maximum Gasteiger partial charge on any atom is -0.0351 e. The highest BCUT2D eigenvalue weighted by molar-refractivity contribution is 4.81. The van der Waals surface area contributed by atoms with E-state index in [0.29, 0.717) is 0 Å². The lowest BCUT2D eigenvalue weighted by Gasteiger charge is -1.99. The van der Waals surface area contributed by atoms with Crippen molar-refractivity contribution in [1.29, 1.82) is 0 Å². The van der Waals surface area contributed by atoms with Crippen LogP contribution in [0.1, 0.15) is 77.6 Å². The van der Waals surface area contributed by atoms with Gasteiger partial charge in [0.15, 0.2) is 0 Å². The summed E-state index contributed by atoms with van der Waals surface area (Å²) in [5.41, 5.74) is 0. The molecule has 0 aliphatic carbocycles. The summed E-state index contributed by atoms with van der Waals surface area (Å²) in [6, 6.07) is 0. The predicted octanol–water partition coefficient (Wildman–Crippen LogP) is 6.04. The van der Waals surface area contributed by atoms with E-state index in [4.69, 9.17) is 0 Å². The average molecular weight is 222 g/mol. The molecule has 0 radical (unpaired) electrons. The van der Waals surface area contributed by atoms with E-state index in [2.05, 4.69) is 25.7 Å². The maximum atomic E-state index is 3.74. The molecule has 0 N–H and O–H groups in total. The Morgan fingerprint density at radius 1 is 0.688 bits per heavy atom. The van der Waals surface area contributed by atoms with Crippen molar-refractivity contribution in [1.82, 2.24) is 0 Å². The van der Waals surface area contributed by atoms with Gasteiger partial charge in [0.1, 0.15) is 0 Å². The van der Waals surface area contributed by atoms with Crippen molar-refractivity contribution in [3.8, 4) is 0 Å². The standard InChI is InChI=1S/C16H30/c1-3-5-7-9-11-13-15-16-14-12-10-8-6-4-2/h3,10,12H,1,4-9,11,13-16H2,2H3. The lowest BCUT2D eigenvalue weighted by Crippen LogP contribution is -1.79. The van der Waals surface area contributed by atoms with Crippen LogP contribution in [-0.4, -0.2) is 0 Å². The van der Waals surface area contributed by atoms with Gasteiger partial charge in [0.2, 0.25) is 0 Å². The molecule has 0 bridgehead atoms. The van der Waals surface area contributed by atoms with Gasteiger partial charge in [-0.2, -0.15) is 0 Å². The molecular formula is C16H30. The largest absolute Gasteiger partial charge is 0.103 e. The van der Waals surface area contributed by atoms with Crippen LogP contribution in [0, 0.1) is 0 Å². The van der Waals surface area contributed by atoms with Crippen LogP contribution in [0.2, 0.25) is 0 Å². The number of rotatable bonds is 12. The quantitative estimate of drug-likeness (QED) is 0.279. The molecule has 0 amide bonds. The molecule has 0 saturated heterocycles. The number of allylic oxidation sites excluding steroid dienone is 3. The third-order valence-electron chi connectivity index (χ3n) is 2.92. The van der Waals surface area contributed by atoms with Crippen LogP contribution in [0.4, 0.5) is 0 Å². The Labute approximate surface area is 103 Å². The fourth-order valence-electron chi connectivity index (χ4n) is 1.82. The molecule has 0 aromatic heterocycles. The summed E-state index contributed by atoms with van der Waals surface area (Å²) in [5.74, 6) is 0. The molecule has 0 fully saturated rings. The van der Waals surface area contributed by atoms with Crippen LogP contribution in [0.25, 0.3) is 0 Å². The molecule has 94 valence electrons. The van der Waals surface area contributed by atoms with Crippen molar-refractivity contribution >= 4 is 0 Å². The molecule has 0 aliphatic heterocycles. The predicted molar refractivity (Wildman–Crippen MR) is 75.8 cm³/mol. The zero-order chi connectivity index (χ0) is 11.9. The van der Waals surface area contributed by atoms with Gasteiger partial charge in [-0.15, -0.1) is 6.58 Å². The van der Waals surface area contributed by atoms with Gasteiger partial charge in [-0.25, -0.2) is 0 Å². The van der Waals surface area contributed by atoms with Crippen molar-refractivity contribution in [2.24, 2.45) is 0 Å². The number of hydrogen-bond donors (Lipinski definition) is 0. The van der Waals surface area contributed by atoms with Crippen LogP contribution < -0.4 is 0 Å². The minimum atomic E-state index is 1.19. The van der Waals surface area contributed by atoms with E-state index in [-0.39, 0.29) is 0 Å². The van der Waals surface area contributed by atoms with Gasteiger partial charge >= 0.3 is 0 Å². The Morgan fingerprint density at radius 3 is 1.75 bits per heavy atom. The van der Waals surface area contributed by atoms with Gasteiger partial charge < -0.3 is 0 Å². The Hall–Kier alpha value is -0.520. The summed E-state index contributed by atoms with van der Waals surface area (Å²) in [7, 11) is 0. The summed E-state index contributed by atoms with van der Waals surface area (Å²) in [6.07, 6.45) is 21.5. The number of unbranched alkanes of at least 4 members (excludes halogenated alkanes) is 9. The minimum absolute atomic E-state index is 1.19. The summed E-state index contributed by atoms with van der Waals surface area (Å²) in [6.45, 7) is 5.99. The first-order valence-corrected chi connectivity index (χ1v) is 7.17. The van der Waals surface area contributed by atoms with Crippen LogP contribution in [0.3, 0.4) is 0 Å². The molecule has 0 saturated carbocycles. The zero-order valence-corrected chi connectivity index (χ0v) is 11.2. The highest BCUT2D eigenvalue weighted by Crippen LogP contribution is 2.09. The fourth-order valence-corrected chi connectivity index (χ4v) is 1.82. The summed E-state index contributed by atoms with van der Waals surface area (Å²) < 4.78 is 0. The van der Waals surface area contributed by atoms with Gasteiger partial charge in [-0.05, 0) is 32.1 Å². The summed E-state index contributed by atoms with van der Waals surface area (Å²) in [4.78, 5) is 0. The molecular weight excluding hydrogens is 192 g/mol. The second-order valence-corrected chi connectivity index (χ2v) is 4.60. The van der Waals surface area contributed by atoms with E-state index in [1.807, 2.05) is 6.08 Å². The van der Waals surface area contributed by atoms with Gasteiger partial charge in [0.25, 0.3) is 0 Å². The highest BCUT2D eigenvalue weighted by Gasteiger charge is 1.89. The molecule has 0 unspecified atom stereocenters. The van der Waals surface area contributed by atoms with E-state index in [0.717, 1.165) is 0 Å². The Kier molecular flexibility index (Phi) is 14.0. The Bertz CT molecular complexity index is 155. The molecule has 0 aromatic rings. The monoisotopic (exact) mass is 222 g/mol. The summed E-state index contributed by atoms with van der Waals surface area (Å²) in [5, 5.41) is 0. The van der Waals surface area contributed by atoms with Gasteiger partial charge in [0, 0.05) is 0 Å². The van der Waals surface area contributed by atoms with Crippen LogP contribution in [0.15, 0.2) is 24.8 Å². The molecule has 0 heterocycles. The number of hydrogen-bond acceptors (Lipinski definition) is 0. The van der Waals surface area contributed by atoms with E-state index < -0.39 is 0 Å². The lowest BCUT2D eigenvalue weighted by molar-refractivity contribution is 0.600. The molecule has 0 rings (SSSR count). The SMILES string of the molecule is C=CCCCCCCCCC=CCCCC. The zero-order valence-electron chi connectivity index (χ0n) is 11.2. The third-order valence-corrected chi connectivity index (χ3v) is 2.92. The van der Waals surface area contributed by atoms with Crippen molar-refractivity contribution < 1.29 is 0 Å². The van der Waals surface area contributed by atoms with Crippen LogP contribution >= 0.6 is 0 Å². The maximum absolute atomic E-state index is 3.74. The smallest absolute Gasteiger partial charge is 0.0351 e. The van der Waals surface area contributed by atoms with Crippen molar-refractivity contribution in [3.05, 3.63) is 24.8 Å². The Morgan fingerprint density at radius 2 is 1.19 bits per heavy atom. The normalized spacial score (nSPS) is 11.1. The van der Waals surface area contributed by atoms with Crippen LogP contribution in [-0.2, 0) is 0 Å². The molecule has 0 atom stereocenters. The van der Waals surface area contributed by atoms with Crippen LogP contribution in [0.5, 0.6) is 0 Å². The fraction of sp³-hybridized carbons (Fsp3) is 0.750. The van der Waals surface area contributed by atoms with E-state index in [9.17, 15) is 0 Å². The molecule has 0 spiro atoms. The first kappa shape index (κ1) is 15.5. The molecule has 0 nitrogen and oxygen atoms in total. The van der Waals surface area contributed by atoms with Gasteiger partial charge in [-0.1, -0.05) is 63.7 Å². The van der Waals surface area contributed by atoms with E-state index in [1.165, 1.54) is 70.6 Å². The molecule has 0 heteroatoms. The topological polar surface area (TPSA) is 0 Å². The second kappa shape index (κ2) is 14.5. The third kappa shape index (κ3) is 13.5. The summed E-state index contributed by atoms with van der Waals surface area (Å²) >= 11 is 0. The molecule has 16 heavy (non-hydrogen) atoms. The van der Waals surface area contributed by atoms with Crippen molar-refractivity contribution in [3.63, 3.8) is 0 Å². The molecule has 0 aliphatic rings. The second-order valence-electron chi connectivity index (χ2n) is 4.60. The molecule has 0 aromatic carbocycles. The minimum Gasteiger partial charge on any atom is -0.103 e. The highest BCUT2D eigenvalue weighted by atomic mass is 14.0.